The van der Waals surface area contributed by atoms with Gasteiger partial charge in [-0.1, -0.05) is 39.0 Å². The number of hydrogen-bond donors (Lipinski definition) is 0. The fourth-order valence-corrected chi connectivity index (χ4v) is 1.93. The van der Waals surface area contributed by atoms with Crippen molar-refractivity contribution in [2.24, 2.45) is 5.41 Å². The van der Waals surface area contributed by atoms with Crippen LogP contribution in [0.3, 0.4) is 0 Å². The van der Waals surface area contributed by atoms with Gasteiger partial charge in [0.15, 0.2) is 0 Å². The summed E-state index contributed by atoms with van der Waals surface area (Å²) in [5.41, 5.74) is 1.00. The minimum atomic E-state index is -2.13. The predicted octanol–water partition coefficient (Wildman–Crippen LogP) is 2.51. The molecule has 0 aromatic heterocycles. The topological polar surface area (TPSA) is 40.1 Å². The van der Waals surface area contributed by atoms with Crippen molar-refractivity contribution in [1.82, 2.24) is 0 Å². The molecule has 0 aliphatic carbocycles. The molecule has 14 heavy (non-hydrogen) atoms. The van der Waals surface area contributed by atoms with Crippen LogP contribution in [0.4, 0.5) is 0 Å². The highest BCUT2D eigenvalue weighted by Crippen LogP contribution is 2.24. The van der Waals surface area contributed by atoms with E-state index in [9.17, 15) is 8.76 Å². The molecule has 0 heterocycles. The van der Waals surface area contributed by atoms with Gasteiger partial charge in [0.05, 0.1) is 0 Å². The van der Waals surface area contributed by atoms with Gasteiger partial charge in [-0.2, -0.15) is 0 Å². The van der Waals surface area contributed by atoms with Gasteiger partial charge in [-0.15, -0.1) is 0 Å². The van der Waals surface area contributed by atoms with Crippen LogP contribution in [0.2, 0.25) is 0 Å². The molecule has 0 saturated carbocycles. The van der Waals surface area contributed by atoms with Gasteiger partial charge in [-0.25, -0.2) is 0 Å². The maximum absolute atomic E-state index is 10.9. The lowest BCUT2D eigenvalue weighted by atomic mass is 9.88. The molecular formula is C11H15O2S-. The molecule has 0 saturated heterocycles. The SMILES string of the molecule is CC(C)(C)Cc1ccccc1S(=O)[O-]. The highest BCUT2D eigenvalue weighted by molar-refractivity contribution is 7.79. The molecule has 1 atom stereocenters. The first kappa shape index (κ1) is 11.4. The van der Waals surface area contributed by atoms with E-state index in [1.165, 1.54) is 0 Å². The Morgan fingerprint density at radius 2 is 1.86 bits per heavy atom. The van der Waals surface area contributed by atoms with Crippen molar-refractivity contribution in [2.45, 2.75) is 32.1 Å². The van der Waals surface area contributed by atoms with E-state index in [0.717, 1.165) is 12.0 Å². The minimum Gasteiger partial charge on any atom is -0.768 e. The van der Waals surface area contributed by atoms with Crippen LogP contribution in [0.15, 0.2) is 29.2 Å². The Labute approximate surface area is 87.6 Å². The van der Waals surface area contributed by atoms with E-state index in [0.29, 0.717) is 4.90 Å². The zero-order chi connectivity index (χ0) is 10.8. The monoisotopic (exact) mass is 211 g/mol. The zero-order valence-corrected chi connectivity index (χ0v) is 9.56. The maximum Gasteiger partial charge on any atom is 0.0280 e. The van der Waals surface area contributed by atoms with Crippen molar-refractivity contribution >= 4 is 11.1 Å². The van der Waals surface area contributed by atoms with Crippen LogP contribution in [0.5, 0.6) is 0 Å². The first-order chi connectivity index (χ1) is 6.40. The fraction of sp³-hybridized carbons (Fsp3) is 0.455. The fourth-order valence-electron chi connectivity index (χ4n) is 1.38. The van der Waals surface area contributed by atoms with Crippen LogP contribution in [0, 0.1) is 5.41 Å². The lowest BCUT2D eigenvalue weighted by Crippen LogP contribution is -2.11. The molecule has 0 fully saturated rings. The molecule has 1 aromatic rings. The highest BCUT2D eigenvalue weighted by atomic mass is 32.2. The molecule has 0 spiro atoms. The summed E-state index contributed by atoms with van der Waals surface area (Å²) in [6, 6.07) is 7.13. The van der Waals surface area contributed by atoms with Crippen LogP contribution in [0.1, 0.15) is 26.3 Å². The molecule has 3 heteroatoms. The zero-order valence-electron chi connectivity index (χ0n) is 8.74. The van der Waals surface area contributed by atoms with E-state index in [-0.39, 0.29) is 5.41 Å². The Kier molecular flexibility index (Phi) is 3.45. The quantitative estimate of drug-likeness (QED) is 0.705. The predicted molar refractivity (Wildman–Crippen MR) is 56.8 cm³/mol. The summed E-state index contributed by atoms with van der Waals surface area (Å²) < 4.78 is 21.8. The lowest BCUT2D eigenvalue weighted by Gasteiger charge is -2.21. The molecule has 1 aromatic carbocycles. The molecule has 0 aliphatic heterocycles. The van der Waals surface area contributed by atoms with Crippen molar-refractivity contribution in [1.29, 1.82) is 0 Å². The second-order valence-electron chi connectivity index (χ2n) is 4.58. The lowest BCUT2D eigenvalue weighted by molar-refractivity contribution is 0.407. The first-order valence-corrected chi connectivity index (χ1v) is 5.65. The third-order valence-corrected chi connectivity index (χ3v) is 2.63. The van der Waals surface area contributed by atoms with Crippen LogP contribution < -0.4 is 0 Å². The van der Waals surface area contributed by atoms with E-state index >= 15 is 0 Å². The normalized spacial score (nSPS) is 14.0. The van der Waals surface area contributed by atoms with Crippen molar-refractivity contribution in [3.05, 3.63) is 29.8 Å². The van der Waals surface area contributed by atoms with E-state index in [1.807, 2.05) is 12.1 Å². The van der Waals surface area contributed by atoms with Crippen molar-refractivity contribution in [2.75, 3.05) is 0 Å². The summed E-state index contributed by atoms with van der Waals surface area (Å²) in [6.45, 7) is 6.28. The average molecular weight is 211 g/mol. The van der Waals surface area contributed by atoms with Gasteiger partial charge >= 0.3 is 0 Å². The standard InChI is InChI=1S/C11H16O2S/c1-11(2,3)8-9-6-4-5-7-10(9)14(12)13/h4-7H,8H2,1-3H3,(H,12,13)/p-1. The van der Waals surface area contributed by atoms with Gasteiger partial charge in [0.25, 0.3) is 0 Å². The van der Waals surface area contributed by atoms with Gasteiger partial charge in [0, 0.05) is 4.90 Å². The minimum absolute atomic E-state index is 0.107. The van der Waals surface area contributed by atoms with Crippen LogP contribution in [0.25, 0.3) is 0 Å². The van der Waals surface area contributed by atoms with Crippen LogP contribution in [-0.2, 0) is 17.5 Å². The summed E-state index contributed by atoms with van der Waals surface area (Å²) in [6.07, 6.45) is 0.775. The molecule has 0 N–H and O–H groups in total. The van der Waals surface area contributed by atoms with Gasteiger partial charge in [-0.05, 0) is 34.5 Å². The van der Waals surface area contributed by atoms with Gasteiger partial charge in [0.2, 0.25) is 0 Å². The molecule has 2 nitrogen and oxygen atoms in total. The molecule has 1 unspecified atom stereocenters. The Morgan fingerprint density at radius 1 is 1.29 bits per heavy atom. The van der Waals surface area contributed by atoms with Gasteiger partial charge < -0.3 is 4.55 Å². The van der Waals surface area contributed by atoms with Gasteiger partial charge in [0.1, 0.15) is 0 Å². The van der Waals surface area contributed by atoms with Gasteiger partial charge in [-0.3, -0.25) is 4.21 Å². The number of benzene rings is 1. The molecule has 0 amide bonds. The Bertz CT molecular complexity index is 339. The van der Waals surface area contributed by atoms with Crippen molar-refractivity contribution < 1.29 is 8.76 Å². The molecule has 1 rings (SSSR count). The second-order valence-corrected chi connectivity index (χ2v) is 5.49. The first-order valence-electron chi connectivity index (χ1n) is 4.57. The van der Waals surface area contributed by atoms with Crippen LogP contribution >= 0.6 is 0 Å². The van der Waals surface area contributed by atoms with E-state index in [2.05, 4.69) is 20.8 Å². The Hall–Kier alpha value is -0.670. The summed E-state index contributed by atoms with van der Waals surface area (Å²) in [5, 5.41) is 0. The molecule has 0 radical (unpaired) electrons. The summed E-state index contributed by atoms with van der Waals surface area (Å²) in [7, 11) is 0. The molecule has 78 valence electrons. The van der Waals surface area contributed by atoms with Crippen molar-refractivity contribution in [3.63, 3.8) is 0 Å². The van der Waals surface area contributed by atoms with E-state index < -0.39 is 11.1 Å². The largest absolute Gasteiger partial charge is 0.768 e. The number of hydrogen-bond acceptors (Lipinski definition) is 2. The smallest absolute Gasteiger partial charge is 0.0280 e. The second kappa shape index (κ2) is 4.24. The Morgan fingerprint density at radius 3 is 2.36 bits per heavy atom. The number of rotatable bonds is 2. The average Bonchev–Trinajstić information content (AvgIpc) is 2.01. The molecule has 0 aliphatic rings. The maximum atomic E-state index is 10.9. The molecule has 0 bridgehead atoms. The van der Waals surface area contributed by atoms with Crippen LogP contribution in [-0.4, -0.2) is 8.76 Å². The third-order valence-electron chi connectivity index (χ3n) is 1.87. The third kappa shape index (κ3) is 3.24. The summed E-state index contributed by atoms with van der Waals surface area (Å²) in [5.74, 6) is 0. The van der Waals surface area contributed by atoms with E-state index in [1.54, 1.807) is 12.1 Å². The Balaban J connectivity index is 3.02. The summed E-state index contributed by atoms with van der Waals surface area (Å²) in [4.78, 5) is 0.419. The molecular weight excluding hydrogens is 196 g/mol. The van der Waals surface area contributed by atoms with E-state index in [4.69, 9.17) is 0 Å². The van der Waals surface area contributed by atoms with Crippen molar-refractivity contribution in [3.8, 4) is 0 Å². The highest BCUT2D eigenvalue weighted by Gasteiger charge is 2.13. The summed E-state index contributed by atoms with van der Waals surface area (Å²) >= 11 is -2.13.